The molecule has 1 nitrogen and oxygen atoms in total. The minimum Gasteiger partial charge on any atom is -0.264 e. The van der Waals surface area contributed by atoms with Crippen LogP contribution in [0.15, 0.2) is 36.7 Å². The number of hydrogen-bond donors (Lipinski definition) is 0. The zero-order valence-electron chi connectivity index (χ0n) is 8.74. The molecule has 0 spiro atoms. The Hall–Kier alpha value is -1.77. The van der Waals surface area contributed by atoms with Crippen molar-refractivity contribution >= 4 is 0 Å². The summed E-state index contributed by atoms with van der Waals surface area (Å²) < 4.78 is 25.9. The quantitative estimate of drug-likeness (QED) is 0.753. The Balaban J connectivity index is 2.30. The SMILES string of the molecule is Cc1ccncc1[CH]c1cc(F)cc(F)c1. The summed E-state index contributed by atoms with van der Waals surface area (Å²) in [7, 11) is 0. The number of halogens is 2. The molecule has 0 aliphatic rings. The van der Waals surface area contributed by atoms with Gasteiger partial charge in [0.2, 0.25) is 0 Å². The highest BCUT2D eigenvalue weighted by Gasteiger charge is 2.04. The maximum Gasteiger partial charge on any atom is 0.126 e. The monoisotopic (exact) mass is 218 g/mol. The zero-order chi connectivity index (χ0) is 11.5. The summed E-state index contributed by atoms with van der Waals surface area (Å²) in [4.78, 5) is 3.97. The lowest BCUT2D eigenvalue weighted by Gasteiger charge is -2.04. The van der Waals surface area contributed by atoms with Crippen molar-refractivity contribution in [2.75, 3.05) is 0 Å². The molecule has 0 saturated heterocycles. The standard InChI is InChI=1S/C13H10F2N/c1-9-2-3-16-8-11(9)4-10-5-12(14)7-13(15)6-10/h2-8H,1H3. The van der Waals surface area contributed by atoms with Gasteiger partial charge >= 0.3 is 0 Å². The van der Waals surface area contributed by atoms with Crippen LogP contribution >= 0.6 is 0 Å². The fourth-order valence-corrected chi connectivity index (χ4v) is 1.47. The molecule has 1 aromatic heterocycles. The van der Waals surface area contributed by atoms with Gasteiger partial charge in [0.25, 0.3) is 0 Å². The van der Waals surface area contributed by atoms with Crippen LogP contribution in [0.4, 0.5) is 8.78 Å². The number of hydrogen-bond acceptors (Lipinski definition) is 1. The molecule has 0 N–H and O–H groups in total. The van der Waals surface area contributed by atoms with E-state index >= 15 is 0 Å². The first-order valence-electron chi connectivity index (χ1n) is 4.86. The Kier molecular flexibility index (Phi) is 2.95. The third-order valence-corrected chi connectivity index (χ3v) is 2.29. The van der Waals surface area contributed by atoms with Crippen LogP contribution in [0, 0.1) is 25.0 Å². The fourth-order valence-electron chi connectivity index (χ4n) is 1.47. The third kappa shape index (κ3) is 2.42. The second-order valence-electron chi connectivity index (χ2n) is 3.58. The number of rotatable bonds is 2. The van der Waals surface area contributed by atoms with E-state index in [4.69, 9.17) is 0 Å². The molecule has 0 aliphatic heterocycles. The predicted octanol–water partition coefficient (Wildman–Crippen LogP) is 3.27. The molecule has 1 aromatic carbocycles. The van der Waals surface area contributed by atoms with Crippen LogP contribution in [-0.4, -0.2) is 4.98 Å². The van der Waals surface area contributed by atoms with Crippen LogP contribution in [0.2, 0.25) is 0 Å². The minimum absolute atomic E-state index is 0.494. The average Bonchev–Trinajstić information content (AvgIpc) is 2.20. The molecular weight excluding hydrogens is 208 g/mol. The highest BCUT2D eigenvalue weighted by atomic mass is 19.1. The summed E-state index contributed by atoms with van der Waals surface area (Å²) in [6.07, 6.45) is 5.05. The van der Waals surface area contributed by atoms with E-state index in [2.05, 4.69) is 4.98 Å². The number of pyridine rings is 1. The Bertz CT molecular complexity index is 489. The molecule has 0 aliphatic carbocycles. The van der Waals surface area contributed by atoms with E-state index in [9.17, 15) is 8.78 Å². The molecule has 1 heterocycles. The van der Waals surface area contributed by atoms with E-state index in [0.717, 1.165) is 17.2 Å². The van der Waals surface area contributed by atoms with Gasteiger partial charge in [-0.1, -0.05) is 0 Å². The van der Waals surface area contributed by atoms with Crippen molar-refractivity contribution in [1.29, 1.82) is 0 Å². The smallest absolute Gasteiger partial charge is 0.126 e. The van der Waals surface area contributed by atoms with Crippen LogP contribution in [-0.2, 0) is 0 Å². The Morgan fingerprint density at radius 1 is 1.12 bits per heavy atom. The first-order chi connectivity index (χ1) is 7.65. The Labute approximate surface area is 92.8 Å². The maximum absolute atomic E-state index is 13.0. The summed E-state index contributed by atoms with van der Waals surface area (Å²) in [5.74, 6) is -1.15. The fraction of sp³-hybridized carbons (Fsp3) is 0.0769. The Morgan fingerprint density at radius 2 is 1.81 bits per heavy atom. The molecule has 2 aromatic rings. The van der Waals surface area contributed by atoms with Crippen LogP contribution in [0.3, 0.4) is 0 Å². The van der Waals surface area contributed by atoms with E-state index in [1.807, 2.05) is 13.0 Å². The largest absolute Gasteiger partial charge is 0.264 e. The van der Waals surface area contributed by atoms with Crippen LogP contribution < -0.4 is 0 Å². The third-order valence-electron chi connectivity index (χ3n) is 2.29. The summed E-state index contributed by atoms with van der Waals surface area (Å²) in [6.45, 7) is 1.92. The molecule has 0 amide bonds. The van der Waals surface area contributed by atoms with E-state index in [-0.39, 0.29) is 0 Å². The maximum atomic E-state index is 13.0. The molecule has 0 unspecified atom stereocenters. The van der Waals surface area contributed by atoms with Gasteiger partial charge in [0.05, 0.1) is 0 Å². The molecule has 3 heteroatoms. The average molecular weight is 218 g/mol. The molecule has 0 saturated carbocycles. The van der Waals surface area contributed by atoms with Crippen molar-refractivity contribution in [3.05, 3.63) is 71.4 Å². The van der Waals surface area contributed by atoms with Gasteiger partial charge in [0.1, 0.15) is 11.6 Å². The van der Waals surface area contributed by atoms with Crippen molar-refractivity contribution in [2.24, 2.45) is 0 Å². The number of aromatic nitrogens is 1. The lowest BCUT2D eigenvalue weighted by Crippen LogP contribution is -1.92. The topological polar surface area (TPSA) is 12.9 Å². The highest BCUT2D eigenvalue weighted by Crippen LogP contribution is 2.16. The zero-order valence-corrected chi connectivity index (χ0v) is 8.74. The summed E-state index contributed by atoms with van der Waals surface area (Å²) in [5.41, 5.74) is 2.36. The van der Waals surface area contributed by atoms with Gasteiger partial charge in [-0.05, 0) is 41.8 Å². The van der Waals surface area contributed by atoms with Gasteiger partial charge in [0, 0.05) is 24.9 Å². The van der Waals surface area contributed by atoms with Crippen LogP contribution in [0.5, 0.6) is 0 Å². The van der Waals surface area contributed by atoms with Crippen molar-refractivity contribution in [3.8, 4) is 0 Å². The first-order valence-corrected chi connectivity index (χ1v) is 4.86. The Morgan fingerprint density at radius 3 is 2.44 bits per heavy atom. The lowest BCUT2D eigenvalue weighted by molar-refractivity contribution is 0.582. The molecule has 81 valence electrons. The summed E-state index contributed by atoms with van der Waals surface area (Å²) >= 11 is 0. The molecule has 0 atom stereocenters. The summed E-state index contributed by atoms with van der Waals surface area (Å²) in [5, 5.41) is 0. The van der Waals surface area contributed by atoms with E-state index in [0.29, 0.717) is 5.56 Å². The molecule has 0 bridgehead atoms. The first kappa shape index (κ1) is 10.7. The van der Waals surface area contributed by atoms with Crippen molar-refractivity contribution in [2.45, 2.75) is 6.92 Å². The number of benzene rings is 1. The predicted molar refractivity (Wildman–Crippen MR) is 57.8 cm³/mol. The molecule has 16 heavy (non-hydrogen) atoms. The molecular formula is C13H10F2N. The minimum atomic E-state index is -0.576. The van der Waals surface area contributed by atoms with Crippen molar-refractivity contribution < 1.29 is 8.78 Å². The van der Waals surface area contributed by atoms with Crippen LogP contribution in [0.25, 0.3) is 0 Å². The second-order valence-corrected chi connectivity index (χ2v) is 3.58. The number of nitrogens with zero attached hydrogens (tertiary/aromatic N) is 1. The molecule has 1 radical (unpaired) electrons. The van der Waals surface area contributed by atoms with Gasteiger partial charge < -0.3 is 0 Å². The summed E-state index contributed by atoms with van der Waals surface area (Å²) in [6, 6.07) is 5.28. The van der Waals surface area contributed by atoms with Gasteiger partial charge in [-0.15, -0.1) is 0 Å². The molecule has 0 fully saturated rings. The van der Waals surface area contributed by atoms with Gasteiger partial charge in [0.15, 0.2) is 0 Å². The van der Waals surface area contributed by atoms with E-state index < -0.39 is 11.6 Å². The normalized spacial score (nSPS) is 10.4. The highest BCUT2D eigenvalue weighted by molar-refractivity contribution is 5.39. The van der Waals surface area contributed by atoms with Crippen LogP contribution in [0.1, 0.15) is 16.7 Å². The van der Waals surface area contributed by atoms with Gasteiger partial charge in [-0.25, -0.2) is 8.78 Å². The molecule has 2 rings (SSSR count). The number of aryl methyl sites for hydroxylation is 1. The lowest BCUT2D eigenvalue weighted by atomic mass is 10.0. The van der Waals surface area contributed by atoms with Gasteiger partial charge in [-0.2, -0.15) is 0 Å². The second kappa shape index (κ2) is 4.39. The van der Waals surface area contributed by atoms with Crippen molar-refractivity contribution in [1.82, 2.24) is 4.98 Å². The van der Waals surface area contributed by atoms with E-state index in [1.54, 1.807) is 18.8 Å². The van der Waals surface area contributed by atoms with E-state index in [1.165, 1.54) is 12.1 Å². The van der Waals surface area contributed by atoms with Gasteiger partial charge in [-0.3, -0.25) is 4.98 Å². The van der Waals surface area contributed by atoms with Crippen molar-refractivity contribution in [3.63, 3.8) is 0 Å².